The Kier molecular flexibility index (Phi) is 5.87. The van der Waals surface area contributed by atoms with Crippen molar-refractivity contribution < 1.29 is 9.47 Å². The minimum atomic E-state index is 0.193. The van der Waals surface area contributed by atoms with E-state index in [0.717, 1.165) is 47.6 Å². The maximum atomic E-state index is 6.02. The van der Waals surface area contributed by atoms with Crippen LogP contribution in [-0.4, -0.2) is 37.4 Å². The molecule has 2 aromatic rings. The second kappa shape index (κ2) is 8.53. The average molecular weight is 444 g/mol. The third-order valence-electron chi connectivity index (χ3n) is 5.62. The van der Waals surface area contributed by atoms with Gasteiger partial charge in [-0.25, -0.2) is 0 Å². The van der Waals surface area contributed by atoms with E-state index in [1.165, 1.54) is 11.3 Å². The number of nitrogens with one attached hydrogen (secondary N) is 1. The monoisotopic (exact) mass is 443 g/mol. The second-order valence-corrected chi connectivity index (χ2v) is 8.20. The predicted molar refractivity (Wildman–Crippen MR) is 115 cm³/mol. The van der Waals surface area contributed by atoms with Crippen molar-refractivity contribution in [1.29, 1.82) is 0 Å². The fourth-order valence-corrected chi connectivity index (χ4v) is 4.21. The second-order valence-electron chi connectivity index (χ2n) is 7.29. The predicted octanol–water partition coefficient (Wildman–Crippen LogP) is 4.38. The Morgan fingerprint density at radius 2 is 2.00 bits per heavy atom. The van der Waals surface area contributed by atoms with Gasteiger partial charge in [0.1, 0.15) is 6.61 Å². The van der Waals surface area contributed by atoms with Crippen LogP contribution in [0.2, 0.25) is 0 Å². The highest BCUT2D eigenvalue weighted by Crippen LogP contribution is 2.37. The summed E-state index contributed by atoms with van der Waals surface area (Å²) >= 11 is 3.46. The third kappa shape index (κ3) is 4.03. The molecule has 2 atom stereocenters. The van der Waals surface area contributed by atoms with Crippen molar-refractivity contribution in [3.05, 3.63) is 58.1 Å². The van der Waals surface area contributed by atoms with E-state index in [2.05, 4.69) is 62.5 Å². The highest BCUT2D eigenvalue weighted by Gasteiger charge is 2.36. The lowest BCUT2D eigenvalue weighted by Gasteiger charge is -2.32. The lowest BCUT2D eigenvalue weighted by Crippen LogP contribution is -2.41. The van der Waals surface area contributed by atoms with E-state index in [0.29, 0.717) is 12.5 Å². The molecule has 1 saturated heterocycles. The molecule has 2 aliphatic heterocycles. The number of hydrazone groups is 1. The lowest BCUT2D eigenvalue weighted by atomic mass is 9.86. The minimum absolute atomic E-state index is 0.193. The van der Waals surface area contributed by atoms with Crippen LogP contribution in [0.4, 0.5) is 0 Å². The number of hydrogen-bond donors (Lipinski definition) is 1. The number of hydrogen-bond acceptors (Lipinski definition) is 5. The summed E-state index contributed by atoms with van der Waals surface area (Å²) in [5.74, 6) is 1.94. The fraction of sp³-hybridized carbons (Fsp3) is 0.409. The van der Waals surface area contributed by atoms with E-state index in [1.54, 1.807) is 7.11 Å². The molecule has 1 N–H and O–H groups in total. The van der Waals surface area contributed by atoms with Gasteiger partial charge in [-0.3, -0.25) is 0 Å². The molecular weight excluding hydrogens is 418 g/mol. The smallest absolute Gasteiger partial charge is 0.161 e. The highest BCUT2D eigenvalue weighted by atomic mass is 79.9. The van der Waals surface area contributed by atoms with Crippen molar-refractivity contribution in [2.45, 2.75) is 26.0 Å². The van der Waals surface area contributed by atoms with Crippen molar-refractivity contribution in [2.24, 2.45) is 11.0 Å². The molecule has 5 nitrogen and oxygen atoms in total. The first-order valence-electron chi connectivity index (χ1n) is 9.77. The van der Waals surface area contributed by atoms with Gasteiger partial charge in [-0.1, -0.05) is 41.1 Å². The summed E-state index contributed by atoms with van der Waals surface area (Å²) in [6.45, 7) is 5.97. The highest BCUT2D eigenvalue weighted by molar-refractivity contribution is 9.10. The van der Waals surface area contributed by atoms with E-state index in [4.69, 9.17) is 9.47 Å². The number of methoxy groups -OCH3 is 1. The third-order valence-corrected chi connectivity index (χ3v) is 6.15. The minimum Gasteiger partial charge on any atom is -0.493 e. The molecule has 2 aliphatic rings. The molecular formula is C22H26BrN3O2. The number of fused-ring (bicyclic) bond motifs is 1. The van der Waals surface area contributed by atoms with Crippen LogP contribution < -0.4 is 14.9 Å². The van der Waals surface area contributed by atoms with Crippen LogP contribution in [0.25, 0.3) is 0 Å². The van der Waals surface area contributed by atoms with Gasteiger partial charge in [0.15, 0.2) is 11.5 Å². The summed E-state index contributed by atoms with van der Waals surface area (Å²) in [4.78, 5) is 2.50. The summed E-state index contributed by atoms with van der Waals surface area (Å²) in [6, 6.07) is 14.5. The van der Waals surface area contributed by atoms with Gasteiger partial charge in [-0.05, 0) is 41.9 Å². The van der Waals surface area contributed by atoms with Gasteiger partial charge in [-0.15, -0.1) is 0 Å². The number of nitrogens with zero attached hydrogens (tertiary/aromatic N) is 2. The maximum Gasteiger partial charge on any atom is 0.161 e. The fourth-order valence-electron chi connectivity index (χ4n) is 3.94. The van der Waals surface area contributed by atoms with Gasteiger partial charge in [-0.2, -0.15) is 5.10 Å². The Bertz CT molecular complexity index is 853. The molecule has 0 bridgehead atoms. The number of ether oxygens (including phenoxy) is 2. The van der Waals surface area contributed by atoms with E-state index in [-0.39, 0.29) is 6.04 Å². The van der Waals surface area contributed by atoms with E-state index in [1.807, 2.05) is 18.2 Å². The molecule has 2 heterocycles. The molecule has 28 heavy (non-hydrogen) atoms. The number of benzene rings is 2. The Labute approximate surface area is 174 Å². The normalized spacial score (nSPS) is 21.6. The van der Waals surface area contributed by atoms with E-state index < -0.39 is 0 Å². The van der Waals surface area contributed by atoms with Crippen LogP contribution in [0.1, 0.15) is 30.5 Å². The molecule has 2 aromatic carbocycles. The van der Waals surface area contributed by atoms with Crippen LogP contribution in [-0.2, 0) is 6.61 Å². The summed E-state index contributed by atoms with van der Waals surface area (Å²) < 4.78 is 12.7. The largest absolute Gasteiger partial charge is 0.493 e. The zero-order chi connectivity index (χ0) is 19.5. The molecule has 0 amide bonds. The Morgan fingerprint density at radius 3 is 2.75 bits per heavy atom. The summed E-state index contributed by atoms with van der Waals surface area (Å²) in [5.41, 5.74) is 6.96. The van der Waals surface area contributed by atoms with Crippen molar-refractivity contribution in [3.8, 4) is 11.5 Å². The zero-order valence-electron chi connectivity index (χ0n) is 16.3. The number of piperidine rings is 1. The first kappa shape index (κ1) is 19.3. The average Bonchev–Trinajstić information content (AvgIpc) is 3.16. The molecule has 0 aromatic heterocycles. The maximum absolute atomic E-state index is 6.02. The molecule has 148 valence electrons. The van der Waals surface area contributed by atoms with Crippen molar-refractivity contribution in [1.82, 2.24) is 10.3 Å². The van der Waals surface area contributed by atoms with Gasteiger partial charge in [0.2, 0.25) is 0 Å². The summed E-state index contributed by atoms with van der Waals surface area (Å²) in [5, 5.41) is 4.61. The Morgan fingerprint density at radius 1 is 1.18 bits per heavy atom. The van der Waals surface area contributed by atoms with Crippen LogP contribution in [0.5, 0.6) is 11.5 Å². The standard InChI is InChI=1S/C22H26BrN3O2/c1-3-26-11-10-19-18(13-26)22(25-24-19)16-6-9-20(21(12-16)27-2)28-14-15-4-7-17(23)8-5-15/h4-9,12,18,22,25H,3,10-11,13-14H2,1-2H3. The first-order chi connectivity index (χ1) is 13.7. The zero-order valence-corrected chi connectivity index (χ0v) is 17.9. The first-order valence-corrected chi connectivity index (χ1v) is 10.6. The Balaban J connectivity index is 1.48. The molecule has 0 aliphatic carbocycles. The number of likely N-dealkylation sites (tertiary alicyclic amines) is 1. The molecule has 2 unspecified atom stereocenters. The van der Waals surface area contributed by atoms with Crippen molar-refractivity contribution in [2.75, 3.05) is 26.7 Å². The number of halogens is 1. The quantitative estimate of drug-likeness (QED) is 0.719. The van der Waals surface area contributed by atoms with Gasteiger partial charge in [0, 0.05) is 35.6 Å². The molecule has 1 fully saturated rings. The van der Waals surface area contributed by atoms with Crippen LogP contribution in [0, 0.1) is 5.92 Å². The lowest BCUT2D eigenvalue weighted by molar-refractivity contribution is 0.238. The van der Waals surface area contributed by atoms with Crippen LogP contribution in [0.3, 0.4) is 0 Å². The van der Waals surface area contributed by atoms with Gasteiger partial charge < -0.3 is 19.8 Å². The molecule has 4 rings (SSSR count). The van der Waals surface area contributed by atoms with Gasteiger partial charge in [0.05, 0.1) is 13.2 Å². The number of rotatable bonds is 6. The molecule has 0 radical (unpaired) electrons. The van der Waals surface area contributed by atoms with Gasteiger partial charge in [0.25, 0.3) is 0 Å². The summed E-state index contributed by atoms with van der Waals surface area (Å²) in [7, 11) is 1.69. The molecule has 6 heteroatoms. The Hall–Kier alpha value is -2.05. The van der Waals surface area contributed by atoms with Gasteiger partial charge >= 0.3 is 0 Å². The van der Waals surface area contributed by atoms with Crippen LogP contribution >= 0.6 is 15.9 Å². The van der Waals surface area contributed by atoms with Crippen LogP contribution in [0.15, 0.2) is 52.0 Å². The molecule has 0 spiro atoms. The van der Waals surface area contributed by atoms with Crippen molar-refractivity contribution in [3.63, 3.8) is 0 Å². The topological polar surface area (TPSA) is 46.1 Å². The van der Waals surface area contributed by atoms with E-state index >= 15 is 0 Å². The van der Waals surface area contributed by atoms with E-state index in [9.17, 15) is 0 Å². The van der Waals surface area contributed by atoms with Crippen molar-refractivity contribution >= 4 is 21.6 Å². The molecule has 0 saturated carbocycles. The summed E-state index contributed by atoms with van der Waals surface area (Å²) in [6.07, 6.45) is 1.05. The SMILES string of the molecule is CCN1CCC2=NNC(c3ccc(OCc4ccc(Br)cc4)c(OC)c3)C2C1.